The van der Waals surface area contributed by atoms with Crippen molar-refractivity contribution in [3.63, 3.8) is 0 Å². The van der Waals surface area contributed by atoms with Crippen molar-refractivity contribution in [1.82, 2.24) is 39.7 Å². The maximum absolute atomic E-state index is 12.3. The van der Waals surface area contributed by atoms with Gasteiger partial charge in [0.05, 0.1) is 6.04 Å². The summed E-state index contributed by atoms with van der Waals surface area (Å²) < 4.78 is 2.98. The van der Waals surface area contributed by atoms with Gasteiger partial charge in [0, 0.05) is 12.7 Å². The second-order valence-corrected chi connectivity index (χ2v) is 5.08. The Hall–Kier alpha value is -3.04. The van der Waals surface area contributed by atoms with Gasteiger partial charge >= 0.3 is 0 Å². The van der Waals surface area contributed by atoms with Crippen molar-refractivity contribution in [1.29, 1.82) is 0 Å². The van der Waals surface area contributed by atoms with Gasteiger partial charge in [-0.2, -0.15) is 4.52 Å². The van der Waals surface area contributed by atoms with Crippen LogP contribution in [0.1, 0.15) is 42.5 Å². The quantitative estimate of drug-likeness (QED) is 0.678. The first-order chi connectivity index (χ1) is 11.1. The van der Waals surface area contributed by atoms with E-state index in [1.807, 2.05) is 11.5 Å². The molecule has 0 bridgehead atoms. The normalized spacial score (nSPS) is 12.4. The number of hydrogen-bond acceptors (Lipinski definition) is 6. The molecule has 3 aromatic rings. The van der Waals surface area contributed by atoms with E-state index in [1.165, 1.54) is 12.5 Å². The Morgan fingerprint density at radius 1 is 1.43 bits per heavy atom. The molecule has 23 heavy (non-hydrogen) atoms. The molecule has 0 saturated carbocycles. The second-order valence-electron chi connectivity index (χ2n) is 5.08. The zero-order valence-electron chi connectivity index (χ0n) is 12.7. The van der Waals surface area contributed by atoms with Crippen LogP contribution in [0.5, 0.6) is 0 Å². The predicted octanol–water partition coefficient (Wildman–Crippen LogP) is -0.0899. The maximum atomic E-state index is 12.3. The maximum Gasteiger partial charge on any atom is 0.286 e. The molecule has 1 amide bonds. The van der Waals surface area contributed by atoms with Crippen molar-refractivity contribution in [3.05, 3.63) is 40.6 Å². The van der Waals surface area contributed by atoms with Gasteiger partial charge in [-0.1, -0.05) is 6.92 Å². The third-order valence-electron chi connectivity index (χ3n) is 3.40. The number of H-pyrrole nitrogens is 1. The third-order valence-corrected chi connectivity index (χ3v) is 3.40. The van der Waals surface area contributed by atoms with Crippen molar-refractivity contribution < 1.29 is 4.79 Å². The molecule has 1 unspecified atom stereocenters. The summed E-state index contributed by atoms with van der Waals surface area (Å²) in [6, 6.07) is -0.390. The summed E-state index contributed by atoms with van der Waals surface area (Å²) in [5.74, 6) is 0.322. The van der Waals surface area contributed by atoms with Crippen LogP contribution in [0.2, 0.25) is 0 Å². The molecular weight excluding hydrogens is 300 g/mol. The van der Waals surface area contributed by atoms with Gasteiger partial charge in [-0.15, -0.1) is 10.2 Å². The number of amides is 1. The monoisotopic (exact) mass is 316 g/mol. The standard InChI is InChI=1S/C13H16N8O2/c1-3-4-20-7-16-19-10(20)8(2)18-11(22)9-5-14-13-15-6-17-21(13)12(9)23/h5-8H,3-4H2,1-2H3,(H,18,22)(H,14,15,17). The van der Waals surface area contributed by atoms with Crippen LogP contribution in [0.25, 0.3) is 5.78 Å². The van der Waals surface area contributed by atoms with Crippen LogP contribution in [0.15, 0.2) is 23.6 Å². The van der Waals surface area contributed by atoms with Crippen LogP contribution in [0, 0.1) is 0 Å². The lowest BCUT2D eigenvalue weighted by molar-refractivity contribution is 0.0935. The fourth-order valence-corrected chi connectivity index (χ4v) is 2.31. The van der Waals surface area contributed by atoms with E-state index in [1.54, 1.807) is 13.3 Å². The highest BCUT2D eigenvalue weighted by atomic mass is 16.2. The average Bonchev–Trinajstić information content (AvgIpc) is 3.16. The van der Waals surface area contributed by atoms with E-state index >= 15 is 0 Å². The summed E-state index contributed by atoms with van der Waals surface area (Å²) in [5, 5.41) is 13.3. The molecule has 1 atom stereocenters. The van der Waals surface area contributed by atoms with Gasteiger partial charge in [0.1, 0.15) is 18.2 Å². The average molecular weight is 316 g/mol. The summed E-state index contributed by atoms with van der Waals surface area (Å²) in [4.78, 5) is 32.4. The molecule has 2 N–H and O–H groups in total. The van der Waals surface area contributed by atoms with Gasteiger partial charge in [-0.05, 0) is 13.3 Å². The van der Waals surface area contributed by atoms with Crippen LogP contribution in [-0.4, -0.2) is 40.3 Å². The van der Waals surface area contributed by atoms with Gasteiger partial charge < -0.3 is 9.88 Å². The summed E-state index contributed by atoms with van der Waals surface area (Å²) in [7, 11) is 0. The molecule has 120 valence electrons. The highest BCUT2D eigenvalue weighted by Gasteiger charge is 2.19. The predicted molar refractivity (Wildman–Crippen MR) is 79.8 cm³/mol. The first-order valence-electron chi connectivity index (χ1n) is 7.21. The van der Waals surface area contributed by atoms with E-state index < -0.39 is 17.5 Å². The number of fused-ring (bicyclic) bond motifs is 1. The minimum Gasteiger partial charge on any atom is -0.342 e. The van der Waals surface area contributed by atoms with Crippen LogP contribution in [0.4, 0.5) is 0 Å². The number of carbonyl (C=O) groups is 1. The van der Waals surface area contributed by atoms with Gasteiger partial charge in [0.15, 0.2) is 5.82 Å². The lowest BCUT2D eigenvalue weighted by atomic mass is 10.2. The highest BCUT2D eigenvalue weighted by molar-refractivity contribution is 5.93. The van der Waals surface area contributed by atoms with Gasteiger partial charge in [-0.25, -0.2) is 9.97 Å². The summed E-state index contributed by atoms with van der Waals surface area (Å²) in [6.45, 7) is 4.58. The first-order valence-corrected chi connectivity index (χ1v) is 7.21. The lowest BCUT2D eigenvalue weighted by Gasteiger charge is -2.14. The molecule has 0 aromatic carbocycles. The molecule has 10 heteroatoms. The van der Waals surface area contributed by atoms with E-state index in [-0.39, 0.29) is 11.3 Å². The van der Waals surface area contributed by atoms with Gasteiger partial charge in [0.2, 0.25) is 0 Å². The molecule has 3 aromatic heterocycles. The van der Waals surface area contributed by atoms with Crippen molar-refractivity contribution >= 4 is 11.7 Å². The minimum absolute atomic E-state index is 0.0693. The van der Waals surface area contributed by atoms with Crippen molar-refractivity contribution in [2.45, 2.75) is 32.9 Å². The number of aromatic amines is 1. The number of carbonyl (C=O) groups excluding carboxylic acids is 1. The van der Waals surface area contributed by atoms with Crippen LogP contribution >= 0.6 is 0 Å². The number of aryl methyl sites for hydroxylation is 1. The summed E-state index contributed by atoms with van der Waals surface area (Å²) in [6.07, 6.45) is 5.10. The first kappa shape index (κ1) is 14.9. The molecule has 3 heterocycles. The van der Waals surface area contributed by atoms with E-state index in [0.717, 1.165) is 17.5 Å². The van der Waals surface area contributed by atoms with Gasteiger partial charge in [-0.3, -0.25) is 14.7 Å². The summed E-state index contributed by atoms with van der Waals surface area (Å²) in [5.41, 5.74) is -0.576. The topological polar surface area (TPSA) is 123 Å². The zero-order chi connectivity index (χ0) is 16.4. The minimum atomic E-state index is -0.523. The number of nitrogens with one attached hydrogen (secondary N) is 2. The lowest BCUT2D eigenvalue weighted by Crippen LogP contribution is -2.34. The Balaban J connectivity index is 1.84. The smallest absolute Gasteiger partial charge is 0.286 e. The molecule has 0 spiro atoms. The molecule has 0 saturated heterocycles. The molecular formula is C13H16N8O2. The zero-order valence-corrected chi connectivity index (χ0v) is 12.7. The number of hydrogen-bond donors (Lipinski definition) is 2. The number of rotatable bonds is 5. The second kappa shape index (κ2) is 5.99. The molecule has 10 nitrogen and oxygen atoms in total. The molecule has 0 aliphatic rings. The van der Waals surface area contributed by atoms with Crippen LogP contribution < -0.4 is 10.9 Å². The molecule has 0 aliphatic heterocycles. The largest absolute Gasteiger partial charge is 0.342 e. The van der Waals surface area contributed by atoms with E-state index in [0.29, 0.717) is 5.82 Å². The fraction of sp³-hybridized carbons (Fsp3) is 0.385. The number of aromatic nitrogens is 7. The Morgan fingerprint density at radius 3 is 3.04 bits per heavy atom. The molecule has 0 aliphatic carbocycles. The third kappa shape index (κ3) is 2.70. The molecule has 3 rings (SSSR count). The van der Waals surface area contributed by atoms with E-state index in [2.05, 4.69) is 30.6 Å². The van der Waals surface area contributed by atoms with E-state index in [9.17, 15) is 9.59 Å². The van der Waals surface area contributed by atoms with Crippen LogP contribution in [-0.2, 0) is 6.54 Å². The Morgan fingerprint density at radius 2 is 2.26 bits per heavy atom. The highest BCUT2D eigenvalue weighted by Crippen LogP contribution is 2.10. The SMILES string of the molecule is CCCn1cnnc1C(C)NC(=O)c1cnc2nc[nH]n2c1=O. The van der Waals surface area contributed by atoms with Crippen molar-refractivity contribution in [2.24, 2.45) is 0 Å². The van der Waals surface area contributed by atoms with Gasteiger partial charge in [0.25, 0.3) is 17.2 Å². The number of nitrogens with zero attached hydrogens (tertiary/aromatic N) is 6. The van der Waals surface area contributed by atoms with Crippen LogP contribution in [0.3, 0.4) is 0 Å². The van der Waals surface area contributed by atoms with Crippen molar-refractivity contribution in [2.75, 3.05) is 0 Å². The molecule has 0 radical (unpaired) electrons. The summed E-state index contributed by atoms with van der Waals surface area (Å²) >= 11 is 0. The Bertz CT molecular complexity index is 893. The fourth-order valence-electron chi connectivity index (χ4n) is 2.31. The Kier molecular flexibility index (Phi) is 3.87. The van der Waals surface area contributed by atoms with Crippen molar-refractivity contribution in [3.8, 4) is 0 Å². The van der Waals surface area contributed by atoms with E-state index in [4.69, 9.17) is 0 Å². The Labute approximate surface area is 130 Å². The molecule has 0 fully saturated rings.